The summed E-state index contributed by atoms with van der Waals surface area (Å²) >= 11 is 0. The molecule has 0 bridgehead atoms. The molecule has 3 heteroatoms. The summed E-state index contributed by atoms with van der Waals surface area (Å²) < 4.78 is 0. The van der Waals surface area contributed by atoms with E-state index in [1.165, 1.54) is 5.56 Å². The van der Waals surface area contributed by atoms with Crippen LogP contribution in [0.25, 0.3) is 0 Å². The van der Waals surface area contributed by atoms with Gasteiger partial charge in [0.25, 0.3) is 0 Å². The van der Waals surface area contributed by atoms with Crippen molar-refractivity contribution >= 4 is 0 Å². The highest BCUT2D eigenvalue weighted by Gasteiger charge is 2.35. The minimum atomic E-state index is 0.278. The Kier molecular flexibility index (Phi) is 3.82. The van der Waals surface area contributed by atoms with Gasteiger partial charge in [0, 0.05) is 25.0 Å². The highest BCUT2D eigenvalue weighted by molar-refractivity contribution is 5.27. The maximum Gasteiger partial charge on any atom is 0.0137 e. The van der Waals surface area contributed by atoms with Gasteiger partial charge in [0.2, 0.25) is 0 Å². The monoisotopic (exact) mass is 233 g/mol. The Bertz CT molecular complexity index is 340. The molecule has 1 aliphatic rings. The Morgan fingerprint density at radius 1 is 1.18 bits per heavy atom. The molecule has 0 unspecified atom stereocenters. The molecule has 1 heterocycles. The van der Waals surface area contributed by atoms with Gasteiger partial charge in [0.1, 0.15) is 0 Å². The average molecular weight is 233 g/mol. The predicted molar refractivity (Wildman–Crippen MR) is 71.7 cm³/mol. The summed E-state index contributed by atoms with van der Waals surface area (Å²) in [6.45, 7) is 3.08. The van der Waals surface area contributed by atoms with E-state index in [0.29, 0.717) is 0 Å². The minimum Gasteiger partial charge on any atom is -0.309 e. The van der Waals surface area contributed by atoms with Crippen molar-refractivity contribution in [2.45, 2.75) is 18.3 Å². The van der Waals surface area contributed by atoms with E-state index in [2.05, 4.69) is 49.3 Å². The van der Waals surface area contributed by atoms with Gasteiger partial charge in [0.15, 0.2) is 0 Å². The van der Waals surface area contributed by atoms with E-state index in [9.17, 15) is 0 Å². The maximum absolute atomic E-state index is 5.88. The third-order valence-electron chi connectivity index (χ3n) is 3.76. The zero-order valence-electron chi connectivity index (χ0n) is 10.9. The number of hydrogen-bond donors (Lipinski definition) is 1. The molecule has 2 N–H and O–H groups in total. The van der Waals surface area contributed by atoms with Crippen LogP contribution in [0.5, 0.6) is 0 Å². The molecule has 0 saturated carbocycles. The first-order chi connectivity index (χ1) is 8.12. The van der Waals surface area contributed by atoms with Crippen molar-refractivity contribution in [3.8, 4) is 0 Å². The van der Waals surface area contributed by atoms with Crippen LogP contribution in [0.3, 0.4) is 0 Å². The van der Waals surface area contributed by atoms with Crippen molar-refractivity contribution < 1.29 is 0 Å². The van der Waals surface area contributed by atoms with Gasteiger partial charge in [-0.2, -0.15) is 0 Å². The summed E-state index contributed by atoms with van der Waals surface area (Å²) in [5.41, 5.74) is 1.74. The number of hydrazine groups is 1. The zero-order chi connectivity index (χ0) is 12.3. The van der Waals surface area contributed by atoms with Crippen LogP contribution in [0.1, 0.15) is 18.4 Å². The Morgan fingerprint density at radius 2 is 1.76 bits per heavy atom. The quantitative estimate of drug-likeness (QED) is 0.802. The second-order valence-electron chi connectivity index (χ2n) is 5.42. The summed E-state index contributed by atoms with van der Waals surface area (Å²) in [6, 6.07) is 10.9. The molecule has 1 aromatic rings. The molecule has 0 radical (unpaired) electrons. The van der Waals surface area contributed by atoms with Gasteiger partial charge in [-0.25, -0.2) is 5.01 Å². The lowest BCUT2D eigenvalue weighted by molar-refractivity contribution is 0.135. The van der Waals surface area contributed by atoms with Crippen LogP contribution < -0.4 is 5.84 Å². The second-order valence-corrected chi connectivity index (χ2v) is 5.42. The maximum atomic E-state index is 5.88. The van der Waals surface area contributed by atoms with E-state index in [1.54, 1.807) is 0 Å². The highest BCUT2D eigenvalue weighted by atomic mass is 15.4. The molecule has 0 aromatic heterocycles. The number of nitrogens with zero attached hydrogens (tertiary/aromatic N) is 2. The largest absolute Gasteiger partial charge is 0.309 e. The Morgan fingerprint density at radius 3 is 2.29 bits per heavy atom. The second kappa shape index (κ2) is 5.17. The van der Waals surface area contributed by atoms with Gasteiger partial charge in [-0.05, 0) is 32.5 Å². The van der Waals surface area contributed by atoms with E-state index in [-0.39, 0.29) is 5.41 Å². The predicted octanol–water partition coefficient (Wildman–Crippen LogP) is 1.46. The van der Waals surface area contributed by atoms with E-state index in [0.717, 1.165) is 32.5 Å². The molecule has 0 spiro atoms. The van der Waals surface area contributed by atoms with Crippen molar-refractivity contribution in [2.24, 2.45) is 5.84 Å². The molecule has 3 nitrogen and oxygen atoms in total. The van der Waals surface area contributed by atoms with Gasteiger partial charge >= 0.3 is 0 Å². The summed E-state index contributed by atoms with van der Waals surface area (Å²) in [7, 11) is 4.30. The smallest absolute Gasteiger partial charge is 0.0137 e. The third kappa shape index (κ3) is 2.86. The lowest BCUT2D eigenvalue weighted by Gasteiger charge is -2.42. The average Bonchev–Trinajstić information content (AvgIpc) is 2.33. The molecule has 94 valence electrons. The first-order valence-electron chi connectivity index (χ1n) is 6.32. The van der Waals surface area contributed by atoms with E-state index in [4.69, 9.17) is 5.84 Å². The number of benzene rings is 1. The van der Waals surface area contributed by atoms with Crippen molar-refractivity contribution in [1.82, 2.24) is 9.91 Å². The van der Waals surface area contributed by atoms with E-state index >= 15 is 0 Å². The number of rotatable bonds is 3. The topological polar surface area (TPSA) is 32.5 Å². The Hall–Kier alpha value is -0.900. The summed E-state index contributed by atoms with van der Waals surface area (Å²) in [5, 5.41) is 1.94. The molecular weight excluding hydrogens is 210 g/mol. The molecule has 0 aliphatic carbocycles. The van der Waals surface area contributed by atoms with Crippen LogP contribution in [0.4, 0.5) is 0 Å². The van der Waals surface area contributed by atoms with E-state index in [1.807, 2.05) is 5.01 Å². The summed E-state index contributed by atoms with van der Waals surface area (Å²) in [6.07, 6.45) is 2.29. The Balaban J connectivity index is 2.24. The number of piperidine rings is 1. The molecule has 0 amide bonds. The molecule has 1 aromatic carbocycles. The fourth-order valence-electron chi connectivity index (χ4n) is 2.89. The first kappa shape index (κ1) is 12.6. The lowest BCUT2D eigenvalue weighted by Crippen LogP contribution is -2.49. The van der Waals surface area contributed by atoms with Crippen LogP contribution in [0.2, 0.25) is 0 Å². The highest BCUT2D eigenvalue weighted by Crippen LogP contribution is 2.35. The first-order valence-corrected chi connectivity index (χ1v) is 6.32. The fraction of sp³-hybridized carbons (Fsp3) is 0.571. The Labute approximate surface area is 104 Å². The van der Waals surface area contributed by atoms with Gasteiger partial charge in [-0.1, -0.05) is 30.3 Å². The van der Waals surface area contributed by atoms with Crippen molar-refractivity contribution in [2.75, 3.05) is 33.7 Å². The normalized spacial score (nSPS) is 20.7. The van der Waals surface area contributed by atoms with Crippen molar-refractivity contribution in [3.63, 3.8) is 0 Å². The van der Waals surface area contributed by atoms with Gasteiger partial charge < -0.3 is 4.90 Å². The van der Waals surface area contributed by atoms with Crippen LogP contribution >= 0.6 is 0 Å². The molecule has 1 saturated heterocycles. The third-order valence-corrected chi connectivity index (χ3v) is 3.76. The van der Waals surface area contributed by atoms with Crippen LogP contribution in [-0.4, -0.2) is 43.6 Å². The molecule has 17 heavy (non-hydrogen) atoms. The van der Waals surface area contributed by atoms with Crippen molar-refractivity contribution in [3.05, 3.63) is 35.9 Å². The van der Waals surface area contributed by atoms with Crippen LogP contribution in [0.15, 0.2) is 30.3 Å². The van der Waals surface area contributed by atoms with E-state index < -0.39 is 0 Å². The molecule has 1 fully saturated rings. The van der Waals surface area contributed by atoms with Gasteiger partial charge in [-0.3, -0.25) is 5.84 Å². The summed E-state index contributed by atoms with van der Waals surface area (Å²) in [4.78, 5) is 2.29. The summed E-state index contributed by atoms with van der Waals surface area (Å²) in [5.74, 6) is 5.88. The van der Waals surface area contributed by atoms with Crippen LogP contribution in [0, 0.1) is 0 Å². The molecule has 1 aliphatic heterocycles. The SMILES string of the molecule is CN(C)CC1(c2ccccc2)CCN(N)CC1. The lowest BCUT2D eigenvalue weighted by atomic mass is 9.72. The minimum absolute atomic E-state index is 0.278. The number of likely N-dealkylation sites (N-methyl/N-ethyl adjacent to an activating group) is 1. The zero-order valence-corrected chi connectivity index (χ0v) is 10.9. The number of nitrogens with two attached hydrogens (primary N) is 1. The number of hydrogen-bond acceptors (Lipinski definition) is 3. The van der Waals surface area contributed by atoms with Crippen LogP contribution in [-0.2, 0) is 5.41 Å². The molecular formula is C14H23N3. The standard InChI is InChI=1S/C14H23N3/c1-16(2)12-14(8-10-17(15)11-9-14)13-6-4-3-5-7-13/h3-7H,8-12,15H2,1-2H3. The molecule has 0 atom stereocenters. The van der Waals surface area contributed by atoms with Gasteiger partial charge in [0.05, 0.1) is 0 Å². The van der Waals surface area contributed by atoms with Gasteiger partial charge in [-0.15, -0.1) is 0 Å². The molecule has 2 rings (SSSR count). The fourth-order valence-corrected chi connectivity index (χ4v) is 2.89. The van der Waals surface area contributed by atoms with Crippen molar-refractivity contribution in [1.29, 1.82) is 0 Å².